The molecule has 0 saturated carbocycles. The SMILES string of the molecule is COC(=O)C1CCN(C(=O)CN2CCN(c3ccccc3Cl)CC2)CC1. The number of methoxy groups -OCH3 is 1. The van der Waals surface area contributed by atoms with Crippen molar-refractivity contribution >= 4 is 29.2 Å². The number of amides is 1. The van der Waals surface area contributed by atoms with E-state index in [4.69, 9.17) is 16.3 Å². The number of nitrogens with zero attached hydrogens (tertiary/aromatic N) is 3. The Balaban J connectivity index is 1.44. The van der Waals surface area contributed by atoms with E-state index in [2.05, 4.69) is 9.80 Å². The van der Waals surface area contributed by atoms with E-state index in [-0.39, 0.29) is 17.8 Å². The number of piperidine rings is 1. The lowest BCUT2D eigenvalue weighted by molar-refractivity contribution is -0.149. The van der Waals surface area contributed by atoms with Crippen LogP contribution in [0.4, 0.5) is 5.69 Å². The largest absolute Gasteiger partial charge is 0.469 e. The Morgan fingerprint density at radius 1 is 1.08 bits per heavy atom. The van der Waals surface area contributed by atoms with Crippen molar-refractivity contribution in [3.8, 4) is 0 Å². The molecule has 2 fully saturated rings. The van der Waals surface area contributed by atoms with Gasteiger partial charge in [0.1, 0.15) is 0 Å². The summed E-state index contributed by atoms with van der Waals surface area (Å²) in [6, 6.07) is 7.87. The molecule has 26 heavy (non-hydrogen) atoms. The Morgan fingerprint density at radius 2 is 1.73 bits per heavy atom. The summed E-state index contributed by atoms with van der Waals surface area (Å²) < 4.78 is 4.80. The van der Waals surface area contributed by atoms with Crippen LogP contribution in [0.25, 0.3) is 0 Å². The third kappa shape index (κ3) is 4.48. The monoisotopic (exact) mass is 379 g/mol. The minimum absolute atomic E-state index is 0.0665. The number of hydrogen-bond acceptors (Lipinski definition) is 5. The van der Waals surface area contributed by atoms with Gasteiger partial charge in [-0.1, -0.05) is 23.7 Å². The van der Waals surface area contributed by atoms with Gasteiger partial charge in [0.05, 0.1) is 30.3 Å². The summed E-state index contributed by atoms with van der Waals surface area (Å²) >= 11 is 6.28. The van der Waals surface area contributed by atoms with Gasteiger partial charge in [0.25, 0.3) is 0 Å². The van der Waals surface area contributed by atoms with E-state index in [1.165, 1.54) is 7.11 Å². The quantitative estimate of drug-likeness (QED) is 0.747. The predicted molar refractivity (Wildman–Crippen MR) is 101 cm³/mol. The first-order chi connectivity index (χ1) is 12.6. The van der Waals surface area contributed by atoms with Crippen molar-refractivity contribution in [2.24, 2.45) is 5.92 Å². The Bertz CT molecular complexity index is 639. The van der Waals surface area contributed by atoms with E-state index >= 15 is 0 Å². The van der Waals surface area contributed by atoms with Crippen LogP contribution in [0.15, 0.2) is 24.3 Å². The molecule has 0 aromatic heterocycles. The van der Waals surface area contributed by atoms with Gasteiger partial charge in [0, 0.05) is 39.3 Å². The number of piperazine rings is 1. The molecule has 0 spiro atoms. The smallest absolute Gasteiger partial charge is 0.308 e. The number of rotatable bonds is 4. The maximum absolute atomic E-state index is 12.6. The zero-order chi connectivity index (χ0) is 18.5. The normalized spacial score (nSPS) is 19.5. The van der Waals surface area contributed by atoms with Crippen molar-refractivity contribution in [3.63, 3.8) is 0 Å². The molecular formula is C19H26ClN3O3. The Hall–Kier alpha value is -1.79. The van der Waals surface area contributed by atoms with Crippen LogP contribution < -0.4 is 4.90 Å². The van der Waals surface area contributed by atoms with Crippen LogP contribution in [0.3, 0.4) is 0 Å². The maximum Gasteiger partial charge on any atom is 0.308 e. The number of carbonyl (C=O) groups is 2. The molecule has 2 aliphatic heterocycles. The van der Waals surface area contributed by atoms with Gasteiger partial charge in [-0.2, -0.15) is 0 Å². The second-order valence-electron chi connectivity index (χ2n) is 6.89. The number of para-hydroxylation sites is 1. The van der Waals surface area contributed by atoms with Gasteiger partial charge < -0.3 is 14.5 Å². The number of ether oxygens (including phenoxy) is 1. The number of halogens is 1. The molecule has 7 heteroatoms. The number of hydrogen-bond donors (Lipinski definition) is 0. The first-order valence-corrected chi connectivity index (χ1v) is 9.53. The molecule has 2 saturated heterocycles. The molecule has 0 bridgehead atoms. The molecule has 2 aliphatic rings. The highest BCUT2D eigenvalue weighted by Gasteiger charge is 2.29. The van der Waals surface area contributed by atoms with Crippen molar-refractivity contribution in [1.82, 2.24) is 9.80 Å². The van der Waals surface area contributed by atoms with Crippen LogP contribution in [0.5, 0.6) is 0 Å². The molecule has 0 unspecified atom stereocenters. The molecule has 2 heterocycles. The van der Waals surface area contributed by atoms with Crippen LogP contribution in [0.1, 0.15) is 12.8 Å². The minimum atomic E-state index is -0.159. The van der Waals surface area contributed by atoms with Crippen LogP contribution in [0, 0.1) is 5.92 Å². The summed E-state index contributed by atoms with van der Waals surface area (Å²) in [5.41, 5.74) is 1.06. The lowest BCUT2D eigenvalue weighted by Gasteiger charge is -2.37. The van der Waals surface area contributed by atoms with Crippen molar-refractivity contribution in [1.29, 1.82) is 0 Å². The molecule has 1 aromatic carbocycles. The number of likely N-dealkylation sites (tertiary alicyclic amines) is 1. The van der Waals surface area contributed by atoms with E-state index in [0.29, 0.717) is 32.5 Å². The summed E-state index contributed by atoms with van der Waals surface area (Å²) in [6.07, 6.45) is 1.39. The zero-order valence-electron chi connectivity index (χ0n) is 15.2. The molecule has 1 aromatic rings. The maximum atomic E-state index is 12.6. The van der Waals surface area contributed by atoms with Crippen LogP contribution in [-0.2, 0) is 14.3 Å². The van der Waals surface area contributed by atoms with Crippen LogP contribution in [0.2, 0.25) is 5.02 Å². The highest BCUT2D eigenvalue weighted by molar-refractivity contribution is 6.33. The fourth-order valence-electron chi connectivity index (χ4n) is 3.68. The summed E-state index contributed by atoms with van der Waals surface area (Å²) in [4.78, 5) is 30.5. The molecule has 3 rings (SSSR count). The van der Waals surface area contributed by atoms with Gasteiger partial charge in [0.2, 0.25) is 5.91 Å². The Morgan fingerprint density at radius 3 is 2.35 bits per heavy atom. The predicted octanol–water partition coefficient (Wildman–Crippen LogP) is 1.87. The number of carbonyl (C=O) groups excluding carboxylic acids is 2. The highest BCUT2D eigenvalue weighted by atomic mass is 35.5. The second kappa shape index (κ2) is 8.73. The van der Waals surface area contributed by atoms with Crippen molar-refractivity contribution < 1.29 is 14.3 Å². The third-order valence-electron chi connectivity index (χ3n) is 5.31. The van der Waals surface area contributed by atoms with Crippen LogP contribution in [-0.4, -0.2) is 74.6 Å². The van der Waals surface area contributed by atoms with Gasteiger partial charge in [-0.05, 0) is 25.0 Å². The number of benzene rings is 1. The second-order valence-corrected chi connectivity index (χ2v) is 7.30. The van der Waals surface area contributed by atoms with Gasteiger partial charge >= 0.3 is 5.97 Å². The minimum Gasteiger partial charge on any atom is -0.469 e. The Labute approximate surface area is 159 Å². The summed E-state index contributed by atoms with van der Waals surface area (Å²) in [5, 5.41) is 0.769. The summed E-state index contributed by atoms with van der Waals surface area (Å²) in [6.45, 7) is 5.13. The van der Waals surface area contributed by atoms with Gasteiger partial charge in [-0.25, -0.2) is 0 Å². The number of esters is 1. The summed E-state index contributed by atoms with van der Waals surface area (Å²) in [5.74, 6) is -0.0736. The molecule has 1 amide bonds. The molecule has 0 N–H and O–H groups in total. The van der Waals surface area contributed by atoms with Crippen LogP contribution >= 0.6 is 11.6 Å². The van der Waals surface area contributed by atoms with Crippen molar-refractivity contribution in [2.45, 2.75) is 12.8 Å². The first-order valence-electron chi connectivity index (χ1n) is 9.16. The molecular weight excluding hydrogens is 354 g/mol. The van der Waals surface area contributed by atoms with E-state index in [1.54, 1.807) is 0 Å². The third-order valence-corrected chi connectivity index (χ3v) is 5.63. The van der Waals surface area contributed by atoms with Gasteiger partial charge in [-0.3, -0.25) is 14.5 Å². The molecule has 142 valence electrons. The lowest BCUT2D eigenvalue weighted by atomic mass is 9.97. The van der Waals surface area contributed by atoms with Gasteiger partial charge in [0.15, 0.2) is 0 Å². The average molecular weight is 380 g/mol. The Kier molecular flexibility index (Phi) is 6.38. The van der Waals surface area contributed by atoms with Crippen molar-refractivity contribution in [3.05, 3.63) is 29.3 Å². The van der Waals surface area contributed by atoms with Gasteiger partial charge in [-0.15, -0.1) is 0 Å². The highest BCUT2D eigenvalue weighted by Crippen LogP contribution is 2.26. The fraction of sp³-hybridized carbons (Fsp3) is 0.579. The lowest BCUT2D eigenvalue weighted by Crippen LogP contribution is -2.51. The molecule has 6 nitrogen and oxygen atoms in total. The number of anilines is 1. The zero-order valence-corrected chi connectivity index (χ0v) is 16.0. The first kappa shape index (κ1) is 19.0. The van der Waals surface area contributed by atoms with Crippen molar-refractivity contribution in [2.75, 3.05) is 57.8 Å². The average Bonchev–Trinajstić information content (AvgIpc) is 2.68. The molecule has 0 atom stereocenters. The van der Waals surface area contributed by atoms with E-state index in [9.17, 15) is 9.59 Å². The standard InChI is InChI=1S/C19H26ClN3O3/c1-26-19(25)15-6-8-23(9-7-15)18(24)14-21-10-12-22(13-11-21)17-5-3-2-4-16(17)20/h2-5,15H,6-14H2,1H3. The fourth-order valence-corrected chi connectivity index (χ4v) is 3.93. The molecule has 0 radical (unpaired) electrons. The molecule has 0 aliphatic carbocycles. The van der Waals surface area contributed by atoms with E-state index < -0.39 is 0 Å². The topological polar surface area (TPSA) is 53.1 Å². The summed E-state index contributed by atoms with van der Waals surface area (Å²) in [7, 11) is 1.42. The van der Waals surface area contributed by atoms with E-state index in [1.807, 2.05) is 29.2 Å². The van der Waals surface area contributed by atoms with E-state index in [0.717, 1.165) is 36.9 Å².